The molecule has 0 aromatic heterocycles. The Morgan fingerprint density at radius 1 is 1.22 bits per heavy atom. The van der Waals surface area contributed by atoms with Gasteiger partial charge in [0.1, 0.15) is 5.75 Å². The molecule has 0 aliphatic carbocycles. The predicted molar refractivity (Wildman–Crippen MR) is 70.8 cm³/mol. The Labute approximate surface area is 107 Å². The molecule has 0 spiro atoms. The minimum atomic E-state index is -0.156. The molecule has 18 heavy (non-hydrogen) atoms. The SMILES string of the molecule is COc1cc(NC(C)=O)ccc1NC(=O)C(C)C. The highest BCUT2D eigenvalue weighted by atomic mass is 16.5. The van der Waals surface area contributed by atoms with Crippen molar-refractivity contribution in [2.75, 3.05) is 17.7 Å². The van der Waals surface area contributed by atoms with Gasteiger partial charge in [-0.2, -0.15) is 0 Å². The summed E-state index contributed by atoms with van der Waals surface area (Å²) in [6, 6.07) is 5.07. The van der Waals surface area contributed by atoms with E-state index in [9.17, 15) is 9.59 Å². The lowest BCUT2D eigenvalue weighted by molar-refractivity contribution is -0.119. The lowest BCUT2D eigenvalue weighted by Crippen LogP contribution is -2.18. The summed E-state index contributed by atoms with van der Waals surface area (Å²) >= 11 is 0. The Kier molecular flexibility index (Phi) is 4.71. The number of amides is 2. The van der Waals surface area contributed by atoms with Crippen LogP contribution in [0.15, 0.2) is 18.2 Å². The Bertz CT molecular complexity index is 456. The zero-order valence-corrected chi connectivity index (χ0v) is 11.0. The van der Waals surface area contributed by atoms with Crippen LogP contribution in [0.2, 0.25) is 0 Å². The molecule has 0 radical (unpaired) electrons. The van der Waals surface area contributed by atoms with Crippen LogP contribution in [-0.2, 0) is 9.59 Å². The number of carbonyl (C=O) groups is 2. The number of rotatable bonds is 4. The Balaban J connectivity index is 2.93. The fourth-order valence-electron chi connectivity index (χ4n) is 1.35. The van der Waals surface area contributed by atoms with Gasteiger partial charge in [-0.1, -0.05) is 13.8 Å². The lowest BCUT2D eigenvalue weighted by Gasteiger charge is -2.13. The van der Waals surface area contributed by atoms with E-state index in [1.54, 1.807) is 18.2 Å². The van der Waals surface area contributed by atoms with Gasteiger partial charge in [0.05, 0.1) is 12.8 Å². The molecule has 0 aliphatic heterocycles. The summed E-state index contributed by atoms with van der Waals surface area (Å²) in [5.74, 6) is 0.163. The summed E-state index contributed by atoms with van der Waals surface area (Å²) < 4.78 is 5.18. The Hall–Kier alpha value is -2.04. The number of nitrogens with one attached hydrogen (secondary N) is 2. The van der Waals surface area contributed by atoms with Crippen molar-refractivity contribution in [2.45, 2.75) is 20.8 Å². The number of hydrogen-bond acceptors (Lipinski definition) is 3. The van der Waals surface area contributed by atoms with E-state index in [1.807, 2.05) is 13.8 Å². The average Bonchev–Trinajstić information content (AvgIpc) is 2.30. The molecule has 0 fully saturated rings. The van der Waals surface area contributed by atoms with Gasteiger partial charge in [-0.05, 0) is 12.1 Å². The lowest BCUT2D eigenvalue weighted by atomic mass is 10.2. The third-order valence-electron chi connectivity index (χ3n) is 2.30. The minimum Gasteiger partial charge on any atom is -0.494 e. The van der Waals surface area contributed by atoms with Crippen LogP contribution in [0.1, 0.15) is 20.8 Å². The van der Waals surface area contributed by atoms with Gasteiger partial charge in [-0.25, -0.2) is 0 Å². The predicted octanol–water partition coefficient (Wildman–Crippen LogP) is 2.25. The molecule has 0 saturated heterocycles. The molecule has 5 heteroatoms. The number of anilines is 2. The molecule has 2 N–H and O–H groups in total. The minimum absolute atomic E-state index is 0.0828. The van der Waals surface area contributed by atoms with Crippen molar-refractivity contribution in [1.82, 2.24) is 0 Å². The van der Waals surface area contributed by atoms with E-state index in [2.05, 4.69) is 10.6 Å². The molecule has 0 aliphatic rings. The summed E-state index contributed by atoms with van der Waals surface area (Å²) in [7, 11) is 1.51. The van der Waals surface area contributed by atoms with Crippen LogP contribution in [-0.4, -0.2) is 18.9 Å². The number of methoxy groups -OCH3 is 1. The topological polar surface area (TPSA) is 67.4 Å². The summed E-state index contributed by atoms with van der Waals surface area (Å²) in [6.45, 7) is 5.06. The smallest absolute Gasteiger partial charge is 0.227 e. The summed E-state index contributed by atoms with van der Waals surface area (Å²) in [5, 5.41) is 5.42. The van der Waals surface area contributed by atoms with Crippen LogP contribution in [0.4, 0.5) is 11.4 Å². The summed E-state index contributed by atoms with van der Waals surface area (Å²) in [4.78, 5) is 22.5. The highest BCUT2D eigenvalue weighted by Gasteiger charge is 2.11. The van der Waals surface area contributed by atoms with Gasteiger partial charge in [0, 0.05) is 24.6 Å². The van der Waals surface area contributed by atoms with Crippen LogP contribution in [0.5, 0.6) is 5.75 Å². The van der Waals surface area contributed by atoms with Crippen molar-refractivity contribution < 1.29 is 14.3 Å². The van der Waals surface area contributed by atoms with Crippen molar-refractivity contribution in [3.63, 3.8) is 0 Å². The molecule has 1 rings (SSSR count). The molecule has 98 valence electrons. The molecule has 0 bridgehead atoms. The maximum Gasteiger partial charge on any atom is 0.227 e. The highest BCUT2D eigenvalue weighted by Crippen LogP contribution is 2.28. The third kappa shape index (κ3) is 3.76. The monoisotopic (exact) mass is 250 g/mol. The molecule has 1 aromatic rings. The Morgan fingerprint density at radius 2 is 1.89 bits per heavy atom. The van der Waals surface area contributed by atoms with Crippen LogP contribution in [0.25, 0.3) is 0 Å². The zero-order valence-electron chi connectivity index (χ0n) is 11.0. The van der Waals surface area contributed by atoms with E-state index >= 15 is 0 Å². The zero-order chi connectivity index (χ0) is 13.7. The van der Waals surface area contributed by atoms with Crippen LogP contribution in [0, 0.1) is 5.92 Å². The summed E-state index contributed by atoms with van der Waals surface area (Å²) in [5.41, 5.74) is 1.21. The van der Waals surface area contributed by atoms with Gasteiger partial charge in [0.25, 0.3) is 0 Å². The van der Waals surface area contributed by atoms with Gasteiger partial charge in [0.2, 0.25) is 11.8 Å². The number of ether oxygens (including phenoxy) is 1. The van der Waals surface area contributed by atoms with Crippen molar-refractivity contribution in [3.05, 3.63) is 18.2 Å². The first kappa shape index (κ1) is 14.0. The van der Waals surface area contributed by atoms with Gasteiger partial charge >= 0.3 is 0 Å². The second-order valence-corrected chi connectivity index (χ2v) is 4.24. The average molecular weight is 250 g/mol. The largest absolute Gasteiger partial charge is 0.494 e. The molecule has 0 saturated carbocycles. The maximum atomic E-state index is 11.6. The molecular weight excluding hydrogens is 232 g/mol. The normalized spacial score (nSPS) is 10.1. The van der Waals surface area contributed by atoms with Crippen molar-refractivity contribution >= 4 is 23.2 Å². The molecule has 1 aromatic carbocycles. The van der Waals surface area contributed by atoms with E-state index in [-0.39, 0.29) is 17.7 Å². The third-order valence-corrected chi connectivity index (χ3v) is 2.30. The molecular formula is C13H18N2O3. The molecule has 2 amide bonds. The fourth-order valence-corrected chi connectivity index (χ4v) is 1.35. The van der Waals surface area contributed by atoms with Crippen LogP contribution in [0.3, 0.4) is 0 Å². The fraction of sp³-hybridized carbons (Fsp3) is 0.385. The van der Waals surface area contributed by atoms with E-state index in [0.29, 0.717) is 17.1 Å². The van der Waals surface area contributed by atoms with E-state index in [1.165, 1.54) is 14.0 Å². The van der Waals surface area contributed by atoms with E-state index in [0.717, 1.165) is 0 Å². The molecule has 5 nitrogen and oxygen atoms in total. The van der Waals surface area contributed by atoms with Crippen LogP contribution >= 0.6 is 0 Å². The molecule has 0 heterocycles. The van der Waals surface area contributed by atoms with Crippen molar-refractivity contribution in [2.24, 2.45) is 5.92 Å². The van der Waals surface area contributed by atoms with E-state index < -0.39 is 0 Å². The van der Waals surface area contributed by atoms with Gasteiger partial charge in [-0.3, -0.25) is 9.59 Å². The standard InChI is InChI=1S/C13H18N2O3/c1-8(2)13(17)15-11-6-5-10(14-9(3)16)7-12(11)18-4/h5-8H,1-4H3,(H,14,16)(H,15,17). The molecule has 0 unspecified atom stereocenters. The maximum absolute atomic E-state index is 11.6. The second kappa shape index (κ2) is 6.05. The first-order valence-corrected chi connectivity index (χ1v) is 5.70. The Morgan fingerprint density at radius 3 is 2.39 bits per heavy atom. The van der Waals surface area contributed by atoms with Gasteiger partial charge in [-0.15, -0.1) is 0 Å². The second-order valence-electron chi connectivity index (χ2n) is 4.24. The highest BCUT2D eigenvalue weighted by molar-refractivity contribution is 5.95. The number of benzene rings is 1. The van der Waals surface area contributed by atoms with Gasteiger partial charge in [0.15, 0.2) is 0 Å². The molecule has 0 atom stereocenters. The first-order chi connectivity index (χ1) is 8.43. The first-order valence-electron chi connectivity index (χ1n) is 5.70. The number of carbonyl (C=O) groups excluding carboxylic acids is 2. The van der Waals surface area contributed by atoms with Crippen LogP contribution < -0.4 is 15.4 Å². The summed E-state index contributed by atoms with van der Waals surface area (Å²) in [6.07, 6.45) is 0. The van der Waals surface area contributed by atoms with Gasteiger partial charge < -0.3 is 15.4 Å². The quantitative estimate of drug-likeness (QED) is 0.861. The van der Waals surface area contributed by atoms with E-state index in [4.69, 9.17) is 4.74 Å². The van der Waals surface area contributed by atoms with Crippen molar-refractivity contribution in [1.29, 1.82) is 0 Å². The number of hydrogen-bond donors (Lipinski definition) is 2. The van der Waals surface area contributed by atoms with Crippen molar-refractivity contribution in [3.8, 4) is 5.75 Å².